The summed E-state index contributed by atoms with van der Waals surface area (Å²) in [4.78, 5) is 4.48. The molecule has 0 saturated heterocycles. The lowest BCUT2D eigenvalue weighted by atomic mass is 10.1. The summed E-state index contributed by atoms with van der Waals surface area (Å²) in [6.45, 7) is 4.83. The summed E-state index contributed by atoms with van der Waals surface area (Å²) in [7, 11) is 1.67. The van der Waals surface area contributed by atoms with Crippen LogP contribution in [0.1, 0.15) is 31.0 Å². The molecule has 2 aromatic heterocycles. The number of rotatable bonds is 5. The Bertz CT molecular complexity index is 829. The SMILES string of the molecule is COc1ccccc1CNc1cc(Cl)nn2c(C(C)C)cnc12. The van der Waals surface area contributed by atoms with Gasteiger partial charge in [0.15, 0.2) is 10.8 Å². The van der Waals surface area contributed by atoms with E-state index in [2.05, 4.69) is 29.2 Å². The first-order chi connectivity index (χ1) is 11.1. The number of para-hydroxylation sites is 1. The highest BCUT2D eigenvalue weighted by Gasteiger charge is 2.13. The summed E-state index contributed by atoms with van der Waals surface area (Å²) in [5.74, 6) is 1.17. The molecule has 23 heavy (non-hydrogen) atoms. The first-order valence-corrected chi connectivity index (χ1v) is 7.88. The number of aromatic nitrogens is 3. The van der Waals surface area contributed by atoms with Gasteiger partial charge in [0.2, 0.25) is 0 Å². The number of nitrogens with zero attached hydrogens (tertiary/aromatic N) is 3. The molecule has 6 heteroatoms. The van der Waals surface area contributed by atoms with Crippen molar-refractivity contribution < 1.29 is 4.74 Å². The van der Waals surface area contributed by atoms with Crippen molar-refractivity contribution in [2.75, 3.05) is 12.4 Å². The van der Waals surface area contributed by atoms with Crippen molar-refractivity contribution in [1.29, 1.82) is 0 Å². The first-order valence-electron chi connectivity index (χ1n) is 7.50. The van der Waals surface area contributed by atoms with E-state index in [9.17, 15) is 0 Å². The van der Waals surface area contributed by atoms with Crippen molar-refractivity contribution in [3.63, 3.8) is 0 Å². The maximum atomic E-state index is 6.17. The molecule has 0 aliphatic carbocycles. The van der Waals surface area contributed by atoms with Crippen molar-refractivity contribution in [1.82, 2.24) is 14.6 Å². The number of hydrogen-bond acceptors (Lipinski definition) is 4. The second-order valence-electron chi connectivity index (χ2n) is 5.62. The summed E-state index contributed by atoms with van der Waals surface area (Å²) in [5.41, 5.74) is 3.72. The van der Waals surface area contributed by atoms with Gasteiger partial charge in [0, 0.05) is 18.2 Å². The van der Waals surface area contributed by atoms with Gasteiger partial charge in [-0.15, -0.1) is 0 Å². The van der Waals surface area contributed by atoms with E-state index in [0.717, 1.165) is 28.3 Å². The Kier molecular flexibility index (Phi) is 4.39. The Labute approximate surface area is 140 Å². The second-order valence-corrected chi connectivity index (χ2v) is 6.01. The van der Waals surface area contributed by atoms with Crippen LogP contribution in [0.4, 0.5) is 5.69 Å². The van der Waals surface area contributed by atoms with Gasteiger partial charge in [0.05, 0.1) is 24.7 Å². The molecule has 0 amide bonds. The van der Waals surface area contributed by atoms with E-state index in [1.54, 1.807) is 17.7 Å². The van der Waals surface area contributed by atoms with Gasteiger partial charge >= 0.3 is 0 Å². The van der Waals surface area contributed by atoms with Gasteiger partial charge in [-0.3, -0.25) is 0 Å². The summed E-state index contributed by atoms with van der Waals surface area (Å²) < 4.78 is 7.18. The molecule has 2 heterocycles. The zero-order valence-corrected chi connectivity index (χ0v) is 14.1. The van der Waals surface area contributed by atoms with Crippen LogP contribution in [0.2, 0.25) is 5.15 Å². The molecule has 0 fully saturated rings. The minimum absolute atomic E-state index is 0.318. The minimum atomic E-state index is 0.318. The van der Waals surface area contributed by atoms with Gasteiger partial charge in [-0.1, -0.05) is 43.6 Å². The van der Waals surface area contributed by atoms with Crippen molar-refractivity contribution >= 4 is 22.9 Å². The lowest BCUT2D eigenvalue weighted by molar-refractivity contribution is 0.410. The molecular weight excluding hydrogens is 312 g/mol. The third-order valence-corrected chi connectivity index (χ3v) is 3.90. The zero-order chi connectivity index (χ0) is 16.4. The van der Waals surface area contributed by atoms with Gasteiger partial charge < -0.3 is 10.1 Å². The van der Waals surface area contributed by atoms with Crippen LogP contribution >= 0.6 is 11.6 Å². The van der Waals surface area contributed by atoms with Gasteiger partial charge in [0.25, 0.3) is 0 Å². The van der Waals surface area contributed by atoms with Crippen LogP contribution < -0.4 is 10.1 Å². The molecule has 0 bridgehead atoms. The number of halogens is 1. The Balaban J connectivity index is 1.94. The fraction of sp³-hybridized carbons (Fsp3) is 0.294. The lowest BCUT2D eigenvalue weighted by Gasteiger charge is -2.12. The highest BCUT2D eigenvalue weighted by atomic mass is 35.5. The molecule has 5 nitrogen and oxygen atoms in total. The maximum Gasteiger partial charge on any atom is 0.177 e. The molecule has 3 rings (SSSR count). The van der Waals surface area contributed by atoms with Crippen LogP contribution in [0.25, 0.3) is 5.65 Å². The molecule has 0 atom stereocenters. The number of nitrogens with one attached hydrogen (secondary N) is 1. The van der Waals surface area contributed by atoms with E-state index < -0.39 is 0 Å². The van der Waals surface area contributed by atoms with Crippen molar-refractivity contribution in [3.05, 3.63) is 52.9 Å². The Morgan fingerprint density at radius 1 is 1.30 bits per heavy atom. The van der Waals surface area contributed by atoms with Gasteiger partial charge in [0.1, 0.15) is 5.75 Å². The first kappa shape index (κ1) is 15.6. The molecule has 1 N–H and O–H groups in total. The molecule has 0 spiro atoms. The summed E-state index contributed by atoms with van der Waals surface area (Å²) in [6, 6.07) is 9.70. The third kappa shape index (κ3) is 3.10. The predicted octanol–water partition coefficient (Wildman–Crippen LogP) is 4.13. The van der Waals surface area contributed by atoms with Crippen LogP contribution in [0, 0.1) is 0 Å². The number of methoxy groups -OCH3 is 1. The van der Waals surface area contributed by atoms with Crippen molar-refractivity contribution in [2.24, 2.45) is 0 Å². The van der Waals surface area contributed by atoms with E-state index in [0.29, 0.717) is 17.6 Å². The van der Waals surface area contributed by atoms with Crippen LogP contribution in [-0.4, -0.2) is 21.7 Å². The largest absolute Gasteiger partial charge is 0.496 e. The van der Waals surface area contributed by atoms with E-state index in [1.165, 1.54) is 0 Å². The standard InChI is InChI=1S/C17H19ClN4O/c1-11(2)14-10-20-17-13(8-16(18)21-22(14)17)19-9-12-6-4-5-7-15(12)23-3/h4-8,10-11,19H,9H2,1-3H3. The van der Waals surface area contributed by atoms with Crippen LogP contribution in [0.3, 0.4) is 0 Å². The number of imidazole rings is 1. The maximum absolute atomic E-state index is 6.17. The van der Waals surface area contributed by atoms with Gasteiger partial charge in [-0.2, -0.15) is 5.10 Å². The van der Waals surface area contributed by atoms with Crippen LogP contribution in [0.15, 0.2) is 36.5 Å². The van der Waals surface area contributed by atoms with Crippen LogP contribution in [-0.2, 0) is 6.54 Å². The molecule has 0 saturated carbocycles. The third-order valence-electron chi connectivity index (χ3n) is 3.72. The molecule has 3 aromatic rings. The molecular formula is C17H19ClN4O. The molecule has 1 aromatic carbocycles. The number of benzene rings is 1. The highest BCUT2D eigenvalue weighted by molar-refractivity contribution is 6.29. The minimum Gasteiger partial charge on any atom is -0.496 e. The van der Waals surface area contributed by atoms with E-state index in [-0.39, 0.29) is 0 Å². The average Bonchev–Trinajstić information content (AvgIpc) is 2.96. The van der Waals surface area contributed by atoms with Gasteiger partial charge in [-0.05, 0) is 12.0 Å². The molecule has 0 aliphatic heterocycles. The fourth-order valence-corrected chi connectivity index (χ4v) is 2.70. The quantitative estimate of drug-likeness (QED) is 0.764. The second kappa shape index (κ2) is 6.46. The van der Waals surface area contributed by atoms with Crippen molar-refractivity contribution in [2.45, 2.75) is 26.3 Å². The topological polar surface area (TPSA) is 51.5 Å². The molecule has 120 valence electrons. The number of anilines is 1. The Morgan fingerprint density at radius 2 is 2.09 bits per heavy atom. The monoisotopic (exact) mass is 330 g/mol. The Morgan fingerprint density at radius 3 is 2.83 bits per heavy atom. The summed E-state index contributed by atoms with van der Waals surface area (Å²) in [5, 5.41) is 8.18. The van der Waals surface area contributed by atoms with Crippen LogP contribution in [0.5, 0.6) is 5.75 Å². The van der Waals surface area contributed by atoms with E-state index >= 15 is 0 Å². The van der Waals surface area contributed by atoms with E-state index in [1.807, 2.05) is 30.5 Å². The normalized spacial score (nSPS) is 11.2. The number of fused-ring (bicyclic) bond motifs is 1. The molecule has 0 aliphatic rings. The number of ether oxygens (including phenoxy) is 1. The average molecular weight is 331 g/mol. The van der Waals surface area contributed by atoms with Gasteiger partial charge in [-0.25, -0.2) is 9.50 Å². The zero-order valence-electron chi connectivity index (χ0n) is 13.4. The summed E-state index contributed by atoms with van der Waals surface area (Å²) >= 11 is 6.17. The molecule has 0 radical (unpaired) electrons. The summed E-state index contributed by atoms with van der Waals surface area (Å²) in [6.07, 6.45) is 1.84. The lowest BCUT2D eigenvalue weighted by Crippen LogP contribution is -2.06. The van der Waals surface area contributed by atoms with Crippen molar-refractivity contribution in [3.8, 4) is 5.75 Å². The van der Waals surface area contributed by atoms with E-state index in [4.69, 9.17) is 16.3 Å². The number of hydrogen-bond donors (Lipinski definition) is 1. The highest BCUT2D eigenvalue weighted by Crippen LogP contribution is 2.25. The smallest absolute Gasteiger partial charge is 0.177 e. The Hall–Kier alpha value is -2.27. The molecule has 0 unspecified atom stereocenters. The predicted molar refractivity (Wildman–Crippen MR) is 92.4 cm³/mol. The fourth-order valence-electron chi connectivity index (χ4n) is 2.52.